The van der Waals surface area contributed by atoms with Gasteiger partial charge >= 0.3 is 0 Å². The van der Waals surface area contributed by atoms with Crippen LogP contribution in [0.1, 0.15) is 24.8 Å². The quantitative estimate of drug-likeness (QED) is 0.784. The van der Waals surface area contributed by atoms with Crippen molar-refractivity contribution in [3.05, 3.63) is 60.2 Å². The van der Waals surface area contributed by atoms with Crippen molar-refractivity contribution in [3.63, 3.8) is 0 Å². The lowest BCUT2D eigenvalue weighted by Gasteiger charge is -2.41. The van der Waals surface area contributed by atoms with Crippen molar-refractivity contribution in [2.24, 2.45) is 5.41 Å². The first kappa shape index (κ1) is 21.1. The number of amides is 2. The molecule has 0 unspecified atom stereocenters. The fourth-order valence-electron chi connectivity index (χ4n) is 4.25. The number of methoxy groups -OCH3 is 1. The highest BCUT2D eigenvalue weighted by Crippen LogP contribution is 2.35. The highest BCUT2D eigenvalue weighted by atomic mass is 16.5. The van der Waals surface area contributed by atoms with Gasteiger partial charge in [-0.2, -0.15) is 0 Å². The molecule has 0 radical (unpaired) electrons. The number of ether oxygens (including phenoxy) is 1. The van der Waals surface area contributed by atoms with E-state index in [2.05, 4.69) is 35.6 Å². The molecule has 0 aliphatic carbocycles. The van der Waals surface area contributed by atoms with Gasteiger partial charge in [0.1, 0.15) is 0 Å². The van der Waals surface area contributed by atoms with Crippen molar-refractivity contribution in [3.8, 4) is 11.1 Å². The Kier molecular flexibility index (Phi) is 7.04. The van der Waals surface area contributed by atoms with Gasteiger partial charge in [-0.3, -0.25) is 9.59 Å². The van der Waals surface area contributed by atoms with Crippen LogP contribution >= 0.6 is 0 Å². The third kappa shape index (κ3) is 5.04. The van der Waals surface area contributed by atoms with Gasteiger partial charge < -0.3 is 15.0 Å². The van der Waals surface area contributed by atoms with Gasteiger partial charge in [0, 0.05) is 27.2 Å². The van der Waals surface area contributed by atoms with Crippen LogP contribution in [0.4, 0.5) is 0 Å². The molecule has 5 nitrogen and oxygen atoms in total. The Morgan fingerprint density at radius 2 is 1.86 bits per heavy atom. The van der Waals surface area contributed by atoms with Gasteiger partial charge in [-0.05, 0) is 36.0 Å². The number of rotatable bonds is 7. The Morgan fingerprint density at radius 1 is 1.10 bits per heavy atom. The summed E-state index contributed by atoms with van der Waals surface area (Å²) in [6, 6.07) is 18.6. The second-order valence-electron chi connectivity index (χ2n) is 7.76. The zero-order valence-corrected chi connectivity index (χ0v) is 17.3. The summed E-state index contributed by atoms with van der Waals surface area (Å²) < 4.78 is 5.05. The van der Waals surface area contributed by atoms with E-state index in [0.29, 0.717) is 32.5 Å². The van der Waals surface area contributed by atoms with Crippen LogP contribution in [-0.2, 0) is 20.7 Å². The van der Waals surface area contributed by atoms with Gasteiger partial charge in [0.05, 0.1) is 18.4 Å². The number of benzene rings is 2. The maximum absolute atomic E-state index is 13.0. The van der Waals surface area contributed by atoms with Gasteiger partial charge in [-0.25, -0.2) is 0 Å². The number of nitrogens with zero attached hydrogens (tertiary/aromatic N) is 1. The summed E-state index contributed by atoms with van der Waals surface area (Å²) in [7, 11) is 3.27. The first-order valence-electron chi connectivity index (χ1n) is 10.2. The summed E-state index contributed by atoms with van der Waals surface area (Å²) in [4.78, 5) is 27.4. The van der Waals surface area contributed by atoms with E-state index in [1.807, 2.05) is 29.2 Å². The van der Waals surface area contributed by atoms with Crippen molar-refractivity contribution < 1.29 is 14.3 Å². The molecule has 1 saturated heterocycles. The minimum absolute atomic E-state index is 0.00635. The number of nitrogens with one attached hydrogen (secondary N) is 1. The second-order valence-corrected chi connectivity index (χ2v) is 7.76. The molecule has 5 heteroatoms. The van der Waals surface area contributed by atoms with Crippen LogP contribution in [0.2, 0.25) is 0 Å². The van der Waals surface area contributed by atoms with Crippen LogP contribution in [0.15, 0.2) is 54.6 Å². The highest BCUT2D eigenvalue weighted by Gasteiger charge is 2.42. The third-order valence-electron chi connectivity index (χ3n) is 5.73. The summed E-state index contributed by atoms with van der Waals surface area (Å²) in [6.07, 6.45) is 2.56. The van der Waals surface area contributed by atoms with Crippen molar-refractivity contribution in [2.75, 3.05) is 33.9 Å². The summed E-state index contributed by atoms with van der Waals surface area (Å²) in [5, 5.41) is 2.84. The van der Waals surface area contributed by atoms with E-state index in [1.165, 1.54) is 0 Å². The Labute approximate surface area is 173 Å². The van der Waals surface area contributed by atoms with Crippen molar-refractivity contribution in [2.45, 2.75) is 25.7 Å². The molecule has 0 bridgehead atoms. The molecule has 1 atom stereocenters. The fourth-order valence-corrected chi connectivity index (χ4v) is 4.25. The Hall–Kier alpha value is -2.66. The predicted octanol–water partition coefficient (Wildman–Crippen LogP) is 3.29. The van der Waals surface area contributed by atoms with Crippen LogP contribution in [0.5, 0.6) is 0 Å². The average Bonchev–Trinajstić information content (AvgIpc) is 2.77. The number of carbonyl (C=O) groups is 2. The molecule has 0 aromatic heterocycles. The molecule has 2 aromatic rings. The van der Waals surface area contributed by atoms with Gasteiger partial charge in [0.15, 0.2) is 0 Å². The molecule has 2 aromatic carbocycles. The molecule has 1 fully saturated rings. The van der Waals surface area contributed by atoms with Gasteiger partial charge in [0.2, 0.25) is 11.8 Å². The molecule has 154 valence electrons. The summed E-state index contributed by atoms with van der Waals surface area (Å²) >= 11 is 0. The molecule has 29 heavy (non-hydrogen) atoms. The minimum atomic E-state index is -0.606. The normalized spacial score (nSPS) is 19.0. The topological polar surface area (TPSA) is 58.6 Å². The number of piperidine rings is 1. The molecule has 3 rings (SSSR count). The third-order valence-corrected chi connectivity index (χ3v) is 5.73. The maximum atomic E-state index is 13.0. The lowest BCUT2D eigenvalue weighted by molar-refractivity contribution is -0.141. The number of likely N-dealkylation sites (tertiary alicyclic amines) is 1. The van der Waals surface area contributed by atoms with E-state index in [1.54, 1.807) is 14.2 Å². The van der Waals surface area contributed by atoms with Crippen molar-refractivity contribution >= 4 is 11.8 Å². The van der Waals surface area contributed by atoms with Gasteiger partial charge in [0.25, 0.3) is 0 Å². The molecule has 1 aliphatic rings. The zero-order chi connectivity index (χ0) is 20.7. The summed E-state index contributed by atoms with van der Waals surface area (Å²) in [5.74, 6) is 0.0599. The van der Waals surface area contributed by atoms with Crippen LogP contribution < -0.4 is 5.32 Å². The fraction of sp³-hybridized carbons (Fsp3) is 0.417. The van der Waals surface area contributed by atoms with E-state index in [0.717, 1.165) is 29.5 Å². The molecule has 0 spiro atoms. The first-order chi connectivity index (χ1) is 14.1. The Bertz CT molecular complexity index is 837. The van der Waals surface area contributed by atoms with Crippen molar-refractivity contribution in [1.29, 1.82) is 0 Å². The van der Waals surface area contributed by atoms with Crippen molar-refractivity contribution in [1.82, 2.24) is 10.2 Å². The second kappa shape index (κ2) is 9.70. The van der Waals surface area contributed by atoms with Crippen LogP contribution in [0, 0.1) is 5.41 Å². The molecule has 1 heterocycles. The maximum Gasteiger partial charge on any atom is 0.228 e. The minimum Gasteiger partial charge on any atom is -0.384 e. The molecular formula is C24H30N2O3. The summed E-state index contributed by atoms with van der Waals surface area (Å²) in [6.45, 7) is 1.55. The highest BCUT2D eigenvalue weighted by molar-refractivity contribution is 5.85. The van der Waals surface area contributed by atoms with E-state index < -0.39 is 5.41 Å². The van der Waals surface area contributed by atoms with E-state index in [4.69, 9.17) is 4.74 Å². The predicted molar refractivity (Wildman–Crippen MR) is 114 cm³/mol. The molecular weight excluding hydrogens is 364 g/mol. The SMILES string of the molecule is CNC(=O)[C@@]1(Cc2cccc(-c3ccccc3)c2)CCCN(C(=O)CCOC)C1. The lowest BCUT2D eigenvalue weighted by Crippen LogP contribution is -2.54. The molecule has 0 saturated carbocycles. The molecule has 1 aliphatic heterocycles. The Morgan fingerprint density at radius 3 is 2.59 bits per heavy atom. The summed E-state index contributed by atoms with van der Waals surface area (Å²) in [5.41, 5.74) is 2.80. The van der Waals surface area contributed by atoms with Gasteiger partial charge in [-0.1, -0.05) is 54.6 Å². The monoisotopic (exact) mass is 394 g/mol. The molecule has 2 amide bonds. The van der Waals surface area contributed by atoms with Crippen LogP contribution in [-0.4, -0.2) is 50.6 Å². The standard InChI is InChI=1S/C24H30N2O3/c1-25-23(28)24(13-7-14-26(18-24)22(27)12-15-29-2)17-19-8-6-11-21(16-19)20-9-4-3-5-10-20/h3-6,8-11,16H,7,12-15,17-18H2,1-2H3,(H,25,28)/t24-/m1/s1. The van der Waals surface area contributed by atoms with Crippen LogP contribution in [0.25, 0.3) is 11.1 Å². The van der Waals surface area contributed by atoms with Crippen LogP contribution in [0.3, 0.4) is 0 Å². The number of hydrogen-bond donors (Lipinski definition) is 1. The van der Waals surface area contributed by atoms with E-state index in [-0.39, 0.29) is 11.8 Å². The Balaban J connectivity index is 1.84. The lowest BCUT2D eigenvalue weighted by atomic mass is 9.74. The van der Waals surface area contributed by atoms with E-state index in [9.17, 15) is 9.59 Å². The number of carbonyl (C=O) groups excluding carboxylic acids is 2. The van der Waals surface area contributed by atoms with Gasteiger partial charge in [-0.15, -0.1) is 0 Å². The average molecular weight is 395 g/mol. The first-order valence-corrected chi connectivity index (χ1v) is 10.2. The number of hydrogen-bond acceptors (Lipinski definition) is 3. The largest absolute Gasteiger partial charge is 0.384 e. The molecule has 1 N–H and O–H groups in total. The smallest absolute Gasteiger partial charge is 0.228 e. The van der Waals surface area contributed by atoms with E-state index >= 15 is 0 Å². The zero-order valence-electron chi connectivity index (χ0n) is 17.3.